The van der Waals surface area contributed by atoms with Crippen molar-refractivity contribution < 1.29 is 19.7 Å². The van der Waals surface area contributed by atoms with Crippen LogP contribution >= 0.6 is 15.9 Å². The lowest BCUT2D eigenvalue weighted by Crippen LogP contribution is -2.12. The molecule has 0 saturated heterocycles. The molecule has 0 spiro atoms. The standard InChI is InChI=1S/C9H10BrNO4/c10-4-1-6-9(15-3-14-6)7(8(4)13)5(12)2-11/h1,5,12-13H,2-3,11H2. The molecular weight excluding hydrogens is 266 g/mol. The first-order chi connectivity index (χ1) is 7.15. The van der Waals surface area contributed by atoms with Crippen molar-refractivity contribution in [3.8, 4) is 17.2 Å². The highest BCUT2D eigenvalue weighted by Crippen LogP contribution is 2.47. The van der Waals surface area contributed by atoms with E-state index in [4.69, 9.17) is 15.2 Å². The first kappa shape index (κ1) is 10.5. The molecule has 1 aromatic carbocycles. The molecular formula is C9H10BrNO4. The molecule has 1 aliphatic rings. The van der Waals surface area contributed by atoms with Crippen LogP contribution in [0.5, 0.6) is 17.2 Å². The predicted octanol–water partition coefficient (Wildman–Crippen LogP) is 0.875. The summed E-state index contributed by atoms with van der Waals surface area (Å²) in [5.74, 6) is 0.771. The van der Waals surface area contributed by atoms with Gasteiger partial charge in [0.1, 0.15) is 5.75 Å². The third-order valence-electron chi connectivity index (χ3n) is 2.18. The van der Waals surface area contributed by atoms with Crippen molar-refractivity contribution >= 4 is 15.9 Å². The molecule has 0 radical (unpaired) electrons. The lowest BCUT2D eigenvalue weighted by atomic mass is 10.1. The van der Waals surface area contributed by atoms with E-state index in [0.717, 1.165) is 0 Å². The molecule has 1 atom stereocenters. The van der Waals surface area contributed by atoms with Gasteiger partial charge in [0, 0.05) is 12.6 Å². The van der Waals surface area contributed by atoms with Crippen LogP contribution in [0.4, 0.5) is 0 Å². The Hall–Kier alpha value is -0.980. The maximum absolute atomic E-state index is 9.77. The van der Waals surface area contributed by atoms with E-state index in [9.17, 15) is 10.2 Å². The van der Waals surface area contributed by atoms with Crippen LogP contribution in [0.15, 0.2) is 10.5 Å². The van der Waals surface area contributed by atoms with Gasteiger partial charge in [0.15, 0.2) is 11.5 Å². The molecule has 0 saturated carbocycles. The average Bonchev–Trinajstić information content (AvgIpc) is 2.66. The summed E-state index contributed by atoms with van der Waals surface area (Å²) in [6.45, 7) is 0.0787. The minimum absolute atomic E-state index is 0.000185. The second-order valence-electron chi connectivity index (χ2n) is 3.11. The maximum Gasteiger partial charge on any atom is 0.231 e. The quantitative estimate of drug-likeness (QED) is 0.746. The average molecular weight is 276 g/mol. The van der Waals surface area contributed by atoms with Gasteiger partial charge in [-0.15, -0.1) is 0 Å². The fourth-order valence-electron chi connectivity index (χ4n) is 1.45. The highest BCUT2D eigenvalue weighted by molar-refractivity contribution is 9.10. The summed E-state index contributed by atoms with van der Waals surface area (Å²) in [5.41, 5.74) is 5.61. The largest absolute Gasteiger partial charge is 0.506 e. The van der Waals surface area contributed by atoms with Crippen molar-refractivity contribution in [1.82, 2.24) is 0 Å². The minimum Gasteiger partial charge on any atom is -0.506 e. The summed E-state index contributed by atoms with van der Waals surface area (Å²) >= 11 is 3.16. The Morgan fingerprint density at radius 2 is 2.27 bits per heavy atom. The van der Waals surface area contributed by atoms with Crippen molar-refractivity contribution in [2.24, 2.45) is 5.73 Å². The number of benzene rings is 1. The van der Waals surface area contributed by atoms with E-state index in [-0.39, 0.29) is 24.7 Å². The number of nitrogens with two attached hydrogens (primary N) is 1. The Bertz CT molecular complexity index is 396. The zero-order valence-corrected chi connectivity index (χ0v) is 9.32. The molecule has 0 amide bonds. The molecule has 82 valence electrons. The van der Waals surface area contributed by atoms with Crippen molar-refractivity contribution in [2.75, 3.05) is 13.3 Å². The van der Waals surface area contributed by atoms with Gasteiger partial charge >= 0.3 is 0 Å². The molecule has 1 unspecified atom stereocenters. The Labute approximate surface area is 94.5 Å². The van der Waals surface area contributed by atoms with Crippen molar-refractivity contribution in [1.29, 1.82) is 0 Å². The number of hydrogen-bond donors (Lipinski definition) is 3. The second kappa shape index (κ2) is 3.88. The van der Waals surface area contributed by atoms with Gasteiger partial charge in [-0.25, -0.2) is 0 Å². The zero-order chi connectivity index (χ0) is 11.0. The lowest BCUT2D eigenvalue weighted by molar-refractivity contribution is 0.159. The van der Waals surface area contributed by atoms with Gasteiger partial charge in [-0.1, -0.05) is 0 Å². The fraction of sp³-hybridized carbons (Fsp3) is 0.333. The smallest absolute Gasteiger partial charge is 0.231 e. The molecule has 0 aliphatic carbocycles. The Balaban J connectivity index is 2.60. The van der Waals surface area contributed by atoms with E-state index in [1.165, 1.54) is 0 Å². The van der Waals surface area contributed by atoms with Crippen molar-refractivity contribution in [3.63, 3.8) is 0 Å². The monoisotopic (exact) mass is 275 g/mol. The summed E-state index contributed by atoms with van der Waals surface area (Å²) < 4.78 is 10.8. The molecule has 1 aliphatic heterocycles. The number of rotatable bonds is 2. The van der Waals surface area contributed by atoms with Crippen molar-refractivity contribution in [2.45, 2.75) is 6.10 Å². The lowest BCUT2D eigenvalue weighted by Gasteiger charge is -2.14. The predicted molar refractivity (Wildman–Crippen MR) is 55.9 cm³/mol. The van der Waals surface area contributed by atoms with Gasteiger partial charge in [-0.2, -0.15) is 0 Å². The minimum atomic E-state index is -0.974. The van der Waals surface area contributed by atoms with Gasteiger partial charge < -0.3 is 25.4 Å². The van der Waals surface area contributed by atoms with E-state index < -0.39 is 6.10 Å². The van der Waals surface area contributed by atoms with Gasteiger partial charge in [-0.3, -0.25) is 0 Å². The number of halogens is 1. The second-order valence-corrected chi connectivity index (χ2v) is 3.96. The fourth-order valence-corrected chi connectivity index (χ4v) is 1.87. The van der Waals surface area contributed by atoms with E-state index in [1.54, 1.807) is 6.07 Å². The number of phenols is 1. The van der Waals surface area contributed by atoms with Crippen LogP contribution in [-0.2, 0) is 0 Å². The molecule has 1 aromatic rings. The Morgan fingerprint density at radius 3 is 2.93 bits per heavy atom. The van der Waals surface area contributed by atoms with Gasteiger partial charge in [0.05, 0.1) is 16.1 Å². The van der Waals surface area contributed by atoms with Crippen LogP contribution in [0.2, 0.25) is 0 Å². The summed E-state index contributed by atoms with van der Waals surface area (Å²) in [7, 11) is 0. The molecule has 6 heteroatoms. The van der Waals surface area contributed by atoms with E-state index in [1.807, 2.05) is 0 Å². The SMILES string of the molecule is NCC(O)c1c(O)c(Br)cc2c1OCO2. The van der Waals surface area contributed by atoms with Gasteiger partial charge in [0.25, 0.3) is 0 Å². The van der Waals surface area contributed by atoms with Crippen molar-refractivity contribution in [3.05, 3.63) is 16.1 Å². The Morgan fingerprint density at radius 1 is 1.53 bits per heavy atom. The summed E-state index contributed by atoms with van der Waals surface area (Å²) in [4.78, 5) is 0. The number of aromatic hydroxyl groups is 1. The zero-order valence-electron chi connectivity index (χ0n) is 7.74. The molecule has 4 N–H and O–H groups in total. The van der Waals surface area contributed by atoms with Crippen LogP contribution in [0.3, 0.4) is 0 Å². The van der Waals surface area contributed by atoms with Crippen LogP contribution in [0.1, 0.15) is 11.7 Å². The first-order valence-electron chi connectivity index (χ1n) is 4.34. The number of hydrogen-bond acceptors (Lipinski definition) is 5. The molecule has 15 heavy (non-hydrogen) atoms. The topological polar surface area (TPSA) is 84.9 Å². The van der Waals surface area contributed by atoms with E-state index in [2.05, 4.69) is 15.9 Å². The highest BCUT2D eigenvalue weighted by Gasteiger charge is 2.27. The number of fused-ring (bicyclic) bond motifs is 1. The molecule has 0 fully saturated rings. The third kappa shape index (κ3) is 1.64. The summed E-state index contributed by atoms with van der Waals surface area (Å²) in [6, 6.07) is 1.59. The highest BCUT2D eigenvalue weighted by atomic mass is 79.9. The van der Waals surface area contributed by atoms with E-state index in [0.29, 0.717) is 16.0 Å². The summed E-state index contributed by atoms with van der Waals surface area (Å²) in [6.07, 6.45) is -0.974. The Kier molecular flexibility index (Phi) is 2.72. The van der Waals surface area contributed by atoms with Crippen LogP contribution in [-0.4, -0.2) is 23.6 Å². The van der Waals surface area contributed by atoms with Gasteiger partial charge in [-0.05, 0) is 15.9 Å². The van der Waals surface area contributed by atoms with Crippen LogP contribution in [0, 0.1) is 0 Å². The molecule has 0 aromatic heterocycles. The summed E-state index contributed by atoms with van der Waals surface area (Å²) in [5, 5.41) is 19.4. The maximum atomic E-state index is 9.77. The van der Waals surface area contributed by atoms with Crippen LogP contribution < -0.4 is 15.2 Å². The number of aliphatic hydroxyl groups excluding tert-OH is 1. The molecule has 0 bridgehead atoms. The molecule has 5 nitrogen and oxygen atoms in total. The number of phenolic OH excluding ortho intramolecular Hbond substituents is 1. The normalized spacial score (nSPS) is 15.4. The molecule has 2 rings (SSSR count). The first-order valence-corrected chi connectivity index (χ1v) is 5.13. The molecule has 1 heterocycles. The third-order valence-corrected chi connectivity index (χ3v) is 2.79. The number of ether oxygens (including phenoxy) is 2. The number of aliphatic hydroxyl groups is 1. The van der Waals surface area contributed by atoms with E-state index >= 15 is 0 Å². The van der Waals surface area contributed by atoms with Crippen LogP contribution in [0.25, 0.3) is 0 Å². The van der Waals surface area contributed by atoms with Gasteiger partial charge in [0.2, 0.25) is 6.79 Å².